The predicted molar refractivity (Wildman–Crippen MR) is 27.5 cm³/mol. The lowest BCUT2D eigenvalue weighted by Gasteiger charge is -1.79. The van der Waals surface area contributed by atoms with Crippen molar-refractivity contribution < 1.29 is 9.90 Å². The van der Waals surface area contributed by atoms with E-state index in [0.717, 1.165) is 0 Å². The minimum Gasteiger partial charge on any atom is -0.478 e. The third-order valence-corrected chi connectivity index (χ3v) is 0.365. The summed E-state index contributed by atoms with van der Waals surface area (Å²) in [7, 11) is 0. The Hall–Kier alpha value is -0.830. The molecule has 3 heteroatoms. The van der Waals surface area contributed by atoms with E-state index in [1.54, 1.807) is 0 Å². The molecule has 0 aromatic rings. The second-order valence-electron chi connectivity index (χ2n) is 1.09. The fourth-order valence-electron chi connectivity index (χ4n) is 0. The van der Waals surface area contributed by atoms with Gasteiger partial charge in [-0.2, -0.15) is 0 Å². The molecule has 0 unspecified atom stereocenters. The van der Waals surface area contributed by atoms with Crippen molar-refractivity contribution in [3.63, 3.8) is 0 Å². The molecule has 0 bridgehead atoms. The van der Waals surface area contributed by atoms with E-state index in [1.165, 1.54) is 6.92 Å². The first-order valence-corrected chi connectivity index (χ1v) is 1.53. The maximum absolute atomic E-state index is 9.60. The van der Waals surface area contributed by atoms with Crippen molar-refractivity contribution in [3.8, 4) is 0 Å². The fraction of sp³-hybridized carbons (Fsp3) is 0.250. The van der Waals surface area contributed by atoms with E-state index in [1.807, 2.05) is 0 Å². The minimum atomic E-state index is -0.935. The molecule has 0 saturated carbocycles. The van der Waals surface area contributed by atoms with Gasteiger partial charge >= 0.3 is 5.97 Å². The summed E-state index contributed by atoms with van der Waals surface area (Å²) < 4.78 is 0. The van der Waals surface area contributed by atoms with Crippen molar-refractivity contribution in [1.82, 2.24) is 6.15 Å². The molecule has 4 N–H and O–H groups in total. The van der Waals surface area contributed by atoms with Crippen LogP contribution in [-0.2, 0) is 4.79 Å². The van der Waals surface area contributed by atoms with Crippen molar-refractivity contribution in [2.45, 2.75) is 6.92 Å². The molecule has 0 aromatic carbocycles. The Bertz CT molecular complexity index is 75.7. The number of hydrogen-bond acceptors (Lipinski definition) is 2. The smallest absolute Gasteiger partial charge is 0.330 e. The molecule has 0 spiro atoms. The van der Waals surface area contributed by atoms with E-state index in [4.69, 9.17) is 5.11 Å². The maximum atomic E-state index is 9.60. The zero-order valence-corrected chi connectivity index (χ0v) is 4.27. The van der Waals surface area contributed by atoms with Crippen molar-refractivity contribution >= 4 is 5.97 Å². The van der Waals surface area contributed by atoms with E-state index < -0.39 is 5.97 Å². The van der Waals surface area contributed by atoms with Gasteiger partial charge in [-0.3, -0.25) is 0 Å². The summed E-state index contributed by atoms with van der Waals surface area (Å²) in [4.78, 5) is 9.60. The Balaban J connectivity index is 0. The Kier molecular flexibility index (Phi) is 4.56. The van der Waals surface area contributed by atoms with Crippen LogP contribution in [0.4, 0.5) is 0 Å². The molecule has 0 rings (SSSR count). The number of hydrogen-bond donors (Lipinski definition) is 2. The second kappa shape index (κ2) is 3.36. The summed E-state index contributed by atoms with van der Waals surface area (Å²) in [6.07, 6.45) is 0. The summed E-state index contributed by atoms with van der Waals surface area (Å²) in [5.41, 5.74) is 0.176. The van der Waals surface area contributed by atoms with E-state index in [-0.39, 0.29) is 11.7 Å². The van der Waals surface area contributed by atoms with Crippen LogP contribution < -0.4 is 6.15 Å². The topological polar surface area (TPSA) is 72.3 Å². The van der Waals surface area contributed by atoms with Gasteiger partial charge < -0.3 is 11.3 Å². The van der Waals surface area contributed by atoms with E-state index in [2.05, 4.69) is 6.58 Å². The van der Waals surface area contributed by atoms with Crippen LogP contribution in [0.2, 0.25) is 0 Å². The number of carboxylic acid groups (broad SMARTS) is 1. The van der Waals surface area contributed by atoms with Gasteiger partial charge in [0, 0.05) is 5.57 Å². The first-order chi connectivity index (χ1) is 2.64. The zero-order chi connectivity index (χ0) is 5.15. The van der Waals surface area contributed by atoms with Crippen LogP contribution in [0.3, 0.4) is 0 Å². The van der Waals surface area contributed by atoms with Crippen molar-refractivity contribution in [1.29, 1.82) is 0 Å². The molecule has 0 amide bonds. The average molecular weight is 103 g/mol. The van der Waals surface area contributed by atoms with Crippen molar-refractivity contribution in [2.24, 2.45) is 0 Å². The predicted octanol–water partition coefficient (Wildman–Crippen LogP) is 0.809. The Morgan fingerprint density at radius 3 is 1.86 bits per heavy atom. The second-order valence-corrected chi connectivity index (χ2v) is 1.09. The van der Waals surface area contributed by atoms with Crippen LogP contribution in [-0.4, -0.2) is 11.1 Å². The van der Waals surface area contributed by atoms with Gasteiger partial charge in [0.2, 0.25) is 0 Å². The SMILES string of the molecule is C=C(C)C(=O)O.N. The maximum Gasteiger partial charge on any atom is 0.330 e. The molecular formula is C4H9NO2. The van der Waals surface area contributed by atoms with Gasteiger partial charge in [-0.15, -0.1) is 0 Å². The summed E-state index contributed by atoms with van der Waals surface area (Å²) in [5.74, 6) is -0.935. The monoisotopic (exact) mass is 103 g/mol. The van der Waals surface area contributed by atoms with E-state index in [0.29, 0.717) is 0 Å². The number of carbonyl (C=O) groups is 1. The third-order valence-electron chi connectivity index (χ3n) is 0.365. The molecule has 0 fully saturated rings. The highest BCUT2D eigenvalue weighted by Gasteiger charge is 1.90. The van der Waals surface area contributed by atoms with Crippen molar-refractivity contribution in [3.05, 3.63) is 12.2 Å². The van der Waals surface area contributed by atoms with Gasteiger partial charge in [0.1, 0.15) is 0 Å². The molecule has 0 aliphatic rings. The molecule has 0 saturated heterocycles. The minimum absolute atomic E-state index is 0. The van der Waals surface area contributed by atoms with Gasteiger partial charge in [-0.05, 0) is 6.92 Å². The van der Waals surface area contributed by atoms with Gasteiger partial charge in [-0.25, -0.2) is 4.79 Å². The first-order valence-electron chi connectivity index (χ1n) is 1.53. The molecule has 0 aromatic heterocycles. The molecule has 7 heavy (non-hydrogen) atoms. The molecule has 0 aliphatic heterocycles. The Morgan fingerprint density at radius 2 is 1.86 bits per heavy atom. The highest BCUT2D eigenvalue weighted by Crippen LogP contribution is 1.81. The highest BCUT2D eigenvalue weighted by atomic mass is 16.4. The molecule has 0 atom stereocenters. The molecule has 0 heterocycles. The summed E-state index contributed by atoms with van der Waals surface area (Å²) in [6, 6.07) is 0. The molecule has 3 nitrogen and oxygen atoms in total. The van der Waals surface area contributed by atoms with Crippen LogP contribution >= 0.6 is 0 Å². The lowest BCUT2D eigenvalue weighted by atomic mass is 10.4. The van der Waals surface area contributed by atoms with Crippen LogP contribution in [0, 0.1) is 0 Å². The van der Waals surface area contributed by atoms with Gasteiger partial charge in [0.05, 0.1) is 0 Å². The molecule has 0 aliphatic carbocycles. The zero-order valence-electron chi connectivity index (χ0n) is 4.27. The normalized spacial score (nSPS) is 6.43. The van der Waals surface area contributed by atoms with Crippen molar-refractivity contribution in [2.75, 3.05) is 0 Å². The Labute approximate surface area is 42.2 Å². The highest BCUT2D eigenvalue weighted by molar-refractivity contribution is 5.84. The molecule has 0 radical (unpaired) electrons. The van der Waals surface area contributed by atoms with Gasteiger partial charge in [-0.1, -0.05) is 6.58 Å². The lowest BCUT2D eigenvalue weighted by Crippen LogP contribution is -1.92. The standard InChI is InChI=1S/C4H6O2.H3N/c1-3(2)4(5)6;/h1H2,2H3,(H,5,6);1H3. The Morgan fingerprint density at radius 1 is 1.71 bits per heavy atom. The van der Waals surface area contributed by atoms with Gasteiger partial charge in [0.25, 0.3) is 0 Å². The number of aliphatic carboxylic acids is 1. The first kappa shape index (κ1) is 9.48. The summed E-state index contributed by atoms with van der Waals surface area (Å²) in [6.45, 7) is 4.60. The number of carboxylic acids is 1. The van der Waals surface area contributed by atoms with Crippen LogP contribution in [0.1, 0.15) is 6.92 Å². The molecule has 42 valence electrons. The fourth-order valence-corrected chi connectivity index (χ4v) is 0. The average Bonchev–Trinajstić information content (AvgIpc) is 1.36. The van der Waals surface area contributed by atoms with Crippen LogP contribution in [0.25, 0.3) is 0 Å². The lowest BCUT2D eigenvalue weighted by molar-refractivity contribution is -0.132. The summed E-state index contributed by atoms with van der Waals surface area (Å²) in [5, 5.41) is 7.89. The molecular weight excluding hydrogens is 94.0 g/mol. The van der Waals surface area contributed by atoms with Gasteiger partial charge in [0.15, 0.2) is 0 Å². The quantitative estimate of drug-likeness (QED) is 0.482. The summed E-state index contributed by atoms with van der Waals surface area (Å²) >= 11 is 0. The van der Waals surface area contributed by atoms with Crippen LogP contribution in [0.5, 0.6) is 0 Å². The van der Waals surface area contributed by atoms with E-state index >= 15 is 0 Å². The number of rotatable bonds is 1. The van der Waals surface area contributed by atoms with E-state index in [9.17, 15) is 4.79 Å². The largest absolute Gasteiger partial charge is 0.478 e. The van der Waals surface area contributed by atoms with Crippen LogP contribution in [0.15, 0.2) is 12.2 Å². The third kappa shape index (κ3) is 5.17.